The lowest BCUT2D eigenvalue weighted by atomic mass is 10.2. The summed E-state index contributed by atoms with van der Waals surface area (Å²) in [5.41, 5.74) is 1.90. The van der Waals surface area contributed by atoms with Crippen molar-refractivity contribution in [2.45, 2.75) is 13.1 Å². The van der Waals surface area contributed by atoms with E-state index in [1.165, 1.54) is 5.56 Å². The van der Waals surface area contributed by atoms with Crippen LogP contribution in [0, 0.1) is 0 Å². The van der Waals surface area contributed by atoms with Crippen molar-refractivity contribution in [2.75, 3.05) is 7.05 Å². The third-order valence-corrected chi connectivity index (χ3v) is 3.41. The molecule has 0 aliphatic heterocycles. The van der Waals surface area contributed by atoms with Gasteiger partial charge >= 0.3 is 0 Å². The maximum atomic E-state index is 12.1. The average molecular weight is 279 g/mol. The molecule has 3 heteroatoms. The van der Waals surface area contributed by atoms with Gasteiger partial charge in [0, 0.05) is 12.6 Å². The summed E-state index contributed by atoms with van der Waals surface area (Å²) in [4.78, 5) is 14.2. The highest BCUT2D eigenvalue weighted by Crippen LogP contribution is 2.13. The summed E-state index contributed by atoms with van der Waals surface area (Å²) in [6.07, 6.45) is 0. The van der Waals surface area contributed by atoms with E-state index < -0.39 is 0 Å². The highest BCUT2D eigenvalue weighted by atomic mass is 16.3. The molecule has 3 rings (SSSR count). The molecule has 0 radical (unpaired) electrons. The Morgan fingerprint density at radius 1 is 0.952 bits per heavy atom. The van der Waals surface area contributed by atoms with E-state index in [9.17, 15) is 4.79 Å². The summed E-state index contributed by atoms with van der Waals surface area (Å²) < 4.78 is 5.81. The minimum Gasteiger partial charge on any atom is -0.459 e. The Bertz CT molecular complexity index is 793. The van der Waals surface area contributed by atoms with Crippen molar-refractivity contribution in [3.63, 3.8) is 0 Å². The number of fused-ring (bicyclic) bond motifs is 1. The average Bonchev–Trinajstić information content (AvgIpc) is 2.48. The molecule has 0 N–H and O–H groups in total. The van der Waals surface area contributed by atoms with Crippen molar-refractivity contribution in [2.24, 2.45) is 0 Å². The monoisotopic (exact) mass is 279 g/mol. The number of benzene rings is 2. The molecule has 106 valence electrons. The fourth-order valence-corrected chi connectivity index (χ4v) is 2.45. The Labute approximate surface area is 123 Å². The van der Waals surface area contributed by atoms with E-state index in [0.717, 1.165) is 6.54 Å². The van der Waals surface area contributed by atoms with Crippen molar-refractivity contribution < 1.29 is 4.42 Å². The van der Waals surface area contributed by atoms with Gasteiger partial charge in [-0.15, -0.1) is 0 Å². The van der Waals surface area contributed by atoms with Crippen LogP contribution in [0.1, 0.15) is 11.3 Å². The van der Waals surface area contributed by atoms with Crippen molar-refractivity contribution >= 4 is 11.0 Å². The minimum absolute atomic E-state index is 0.0139. The number of hydrogen-bond donors (Lipinski definition) is 0. The number of hydrogen-bond acceptors (Lipinski definition) is 3. The first kappa shape index (κ1) is 13.6. The van der Waals surface area contributed by atoms with Gasteiger partial charge in [-0.2, -0.15) is 0 Å². The quantitative estimate of drug-likeness (QED) is 0.733. The molecule has 0 aliphatic carbocycles. The molecule has 0 atom stereocenters. The summed E-state index contributed by atoms with van der Waals surface area (Å²) in [5.74, 6) is 0.692. The summed E-state index contributed by atoms with van der Waals surface area (Å²) in [7, 11) is 2.02. The van der Waals surface area contributed by atoms with Gasteiger partial charge in [-0.05, 0) is 24.7 Å². The highest BCUT2D eigenvalue weighted by Gasteiger charge is 2.07. The van der Waals surface area contributed by atoms with Crippen LogP contribution < -0.4 is 5.43 Å². The number of rotatable bonds is 4. The molecule has 0 bridgehead atoms. The first-order chi connectivity index (χ1) is 10.2. The van der Waals surface area contributed by atoms with E-state index in [2.05, 4.69) is 17.0 Å². The zero-order valence-corrected chi connectivity index (χ0v) is 12.0. The molecule has 3 aromatic rings. The van der Waals surface area contributed by atoms with Gasteiger partial charge in [-0.25, -0.2) is 0 Å². The Kier molecular flexibility index (Phi) is 3.84. The van der Waals surface area contributed by atoms with Gasteiger partial charge in [0.15, 0.2) is 5.43 Å². The van der Waals surface area contributed by atoms with Crippen LogP contribution >= 0.6 is 0 Å². The predicted octanol–water partition coefficient (Wildman–Crippen LogP) is 3.43. The Morgan fingerprint density at radius 2 is 1.67 bits per heavy atom. The normalized spacial score (nSPS) is 11.1. The second kappa shape index (κ2) is 5.94. The van der Waals surface area contributed by atoms with Gasteiger partial charge in [0.05, 0.1) is 11.9 Å². The molecule has 2 aromatic carbocycles. The standard InChI is InChI=1S/C18H17NO2/c1-19(12-14-7-3-2-4-8-14)13-15-11-17(20)16-9-5-6-10-18(16)21-15/h2-11H,12-13H2,1H3. The van der Waals surface area contributed by atoms with Crippen molar-refractivity contribution in [3.8, 4) is 0 Å². The SMILES string of the molecule is CN(Cc1ccccc1)Cc1cc(=O)c2ccccc2o1. The minimum atomic E-state index is 0.0139. The lowest BCUT2D eigenvalue weighted by Crippen LogP contribution is -2.18. The Hall–Kier alpha value is -2.39. The topological polar surface area (TPSA) is 33.5 Å². The van der Waals surface area contributed by atoms with Crippen LogP contribution in [-0.4, -0.2) is 11.9 Å². The molecule has 0 saturated heterocycles. The van der Waals surface area contributed by atoms with E-state index >= 15 is 0 Å². The van der Waals surface area contributed by atoms with Crippen LogP contribution in [0.25, 0.3) is 11.0 Å². The molecule has 21 heavy (non-hydrogen) atoms. The lowest BCUT2D eigenvalue weighted by Gasteiger charge is -2.16. The third kappa shape index (κ3) is 3.20. The first-order valence-electron chi connectivity index (χ1n) is 6.96. The second-order valence-corrected chi connectivity index (χ2v) is 5.23. The second-order valence-electron chi connectivity index (χ2n) is 5.23. The smallest absolute Gasteiger partial charge is 0.192 e. The summed E-state index contributed by atoms with van der Waals surface area (Å²) in [6, 6.07) is 19.2. The van der Waals surface area contributed by atoms with Crippen LogP contribution in [0.15, 0.2) is 69.9 Å². The zero-order chi connectivity index (χ0) is 14.7. The third-order valence-electron chi connectivity index (χ3n) is 3.41. The molecule has 0 unspecified atom stereocenters. The van der Waals surface area contributed by atoms with Gasteiger partial charge in [0.25, 0.3) is 0 Å². The van der Waals surface area contributed by atoms with Crippen LogP contribution in [0.5, 0.6) is 0 Å². The van der Waals surface area contributed by atoms with E-state index in [1.807, 2.05) is 43.4 Å². The number of nitrogens with zero attached hydrogens (tertiary/aromatic N) is 1. The van der Waals surface area contributed by atoms with Gasteiger partial charge < -0.3 is 4.42 Å². The lowest BCUT2D eigenvalue weighted by molar-refractivity contribution is 0.289. The van der Waals surface area contributed by atoms with E-state index in [0.29, 0.717) is 23.3 Å². The summed E-state index contributed by atoms with van der Waals surface area (Å²) in [6.45, 7) is 1.42. The summed E-state index contributed by atoms with van der Waals surface area (Å²) >= 11 is 0. The Morgan fingerprint density at radius 3 is 2.48 bits per heavy atom. The van der Waals surface area contributed by atoms with Gasteiger partial charge in [0.1, 0.15) is 11.3 Å². The highest BCUT2D eigenvalue weighted by molar-refractivity contribution is 5.76. The molecular formula is C18H17NO2. The Balaban J connectivity index is 1.80. The predicted molar refractivity (Wildman–Crippen MR) is 84.1 cm³/mol. The van der Waals surface area contributed by atoms with Crippen molar-refractivity contribution in [1.82, 2.24) is 4.90 Å². The van der Waals surface area contributed by atoms with Gasteiger partial charge in [-0.3, -0.25) is 9.69 Å². The first-order valence-corrected chi connectivity index (χ1v) is 6.96. The maximum Gasteiger partial charge on any atom is 0.192 e. The molecule has 0 saturated carbocycles. The van der Waals surface area contributed by atoms with Crippen LogP contribution in [0.2, 0.25) is 0 Å². The molecule has 0 spiro atoms. The molecule has 1 heterocycles. The molecule has 0 fully saturated rings. The van der Waals surface area contributed by atoms with Gasteiger partial charge in [-0.1, -0.05) is 42.5 Å². The van der Waals surface area contributed by atoms with Crippen LogP contribution in [0.3, 0.4) is 0 Å². The fourth-order valence-electron chi connectivity index (χ4n) is 2.45. The van der Waals surface area contributed by atoms with Crippen LogP contribution in [0.4, 0.5) is 0 Å². The van der Waals surface area contributed by atoms with Crippen LogP contribution in [-0.2, 0) is 13.1 Å². The van der Waals surface area contributed by atoms with E-state index in [-0.39, 0.29) is 5.43 Å². The molecular weight excluding hydrogens is 262 g/mol. The number of para-hydroxylation sites is 1. The van der Waals surface area contributed by atoms with Crippen molar-refractivity contribution in [3.05, 3.63) is 82.2 Å². The molecule has 1 aromatic heterocycles. The maximum absolute atomic E-state index is 12.1. The fraction of sp³-hybridized carbons (Fsp3) is 0.167. The molecule has 3 nitrogen and oxygen atoms in total. The largest absolute Gasteiger partial charge is 0.459 e. The zero-order valence-electron chi connectivity index (χ0n) is 12.0. The molecule has 0 amide bonds. The van der Waals surface area contributed by atoms with E-state index in [1.54, 1.807) is 12.1 Å². The van der Waals surface area contributed by atoms with E-state index in [4.69, 9.17) is 4.42 Å². The van der Waals surface area contributed by atoms with Gasteiger partial charge in [0.2, 0.25) is 0 Å². The summed E-state index contributed by atoms with van der Waals surface area (Å²) in [5, 5.41) is 0.631. The molecule has 0 aliphatic rings. The van der Waals surface area contributed by atoms with Crippen molar-refractivity contribution in [1.29, 1.82) is 0 Å².